The lowest BCUT2D eigenvalue weighted by atomic mass is 10.0. The lowest BCUT2D eigenvalue weighted by Gasteiger charge is -2.12. The lowest BCUT2D eigenvalue weighted by Crippen LogP contribution is -2.21. The van der Waals surface area contributed by atoms with Crippen molar-refractivity contribution in [3.8, 4) is 0 Å². The average Bonchev–Trinajstić information content (AvgIpc) is 2.52. The molecule has 0 aromatic rings. The summed E-state index contributed by atoms with van der Waals surface area (Å²) < 4.78 is 0. The molecular formula is C18H34O4. The molecule has 22 heavy (non-hydrogen) atoms. The zero-order valence-corrected chi connectivity index (χ0v) is 14.9. The Hall–Kier alpha value is -1.06. The standard InChI is InChI=1S/C18H34O4/c1-5-7-9-11-13-15(3)17(19)21-22-18(20)16(4)14-12-10-8-6-2/h15-16H,5-14H2,1-4H3. The Morgan fingerprint density at radius 3 is 1.36 bits per heavy atom. The fourth-order valence-electron chi connectivity index (χ4n) is 2.24. The van der Waals surface area contributed by atoms with E-state index >= 15 is 0 Å². The summed E-state index contributed by atoms with van der Waals surface area (Å²) in [5.74, 6) is -1.32. The summed E-state index contributed by atoms with van der Waals surface area (Å²) in [5.41, 5.74) is 0. The summed E-state index contributed by atoms with van der Waals surface area (Å²) in [5, 5.41) is 0. The van der Waals surface area contributed by atoms with Crippen molar-refractivity contribution in [1.29, 1.82) is 0 Å². The Morgan fingerprint density at radius 2 is 1.05 bits per heavy atom. The molecule has 0 saturated carbocycles. The summed E-state index contributed by atoms with van der Waals surface area (Å²) in [4.78, 5) is 32.8. The molecule has 2 unspecified atom stereocenters. The molecule has 0 saturated heterocycles. The van der Waals surface area contributed by atoms with Crippen LogP contribution in [0.15, 0.2) is 0 Å². The molecule has 0 aromatic carbocycles. The van der Waals surface area contributed by atoms with Gasteiger partial charge in [-0.05, 0) is 12.8 Å². The van der Waals surface area contributed by atoms with Crippen molar-refractivity contribution in [2.24, 2.45) is 11.8 Å². The molecule has 0 heterocycles. The fourth-order valence-corrected chi connectivity index (χ4v) is 2.24. The van der Waals surface area contributed by atoms with E-state index in [1.165, 1.54) is 25.7 Å². The third-order valence-electron chi connectivity index (χ3n) is 3.99. The van der Waals surface area contributed by atoms with Gasteiger partial charge < -0.3 is 0 Å². The highest BCUT2D eigenvalue weighted by Crippen LogP contribution is 2.14. The van der Waals surface area contributed by atoms with Gasteiger partial charge in [-0.15, -0.1) is 0 Å². The summed E-state index contributed by atoms with van der Waals surface area (Å²) >= 11 is 0. The number of carbonyl (C=O) groups is 2. The monoisotopic (exact) mass is 314 g/mol. The van der Waals surface area contributed by atoms with Crippen molar-refractivity contribution >= 4 is 11.9 Å². The molecule has 0 N–H and O–H groups in total. The minimum Gasteiger partial charge on any atom is -0.247 e. The molecule has 0 aromatic heterocycles. The molecule has 130 valence electrons. The smallest absolute Gasteiger partial charge is 0.247 e. The predicted molar refractivity (Wildman–Crippen MR) is 88.0 cm³/mol. The van der Waals surface area contributed by atoms with E-state index in [0.29, 0.717) is 0 Å². The fraction of sp³-hybridized carbons (Fsp3) is 0.889. The second-order valence-electron chi connectivity index (χ2n) is 6.31. The van der Waals surface area contributed by atoms with E-state index in [-0.39, 0.29) is 11.8 Å². The molecule has 0 spiro atoms. The van der Waals surface area contributed by atoms with Crippen molar-refractivity contribution in [3.05, 3.63) is 0 Å². The van der Waals surface area contributed by atoms with Crippen LogP contribution in [0.5, 0.6) is 0 Å². The molecule has 0 aliphatic rings. The van der Waals surface area contributed by atoms with Crippen LogP contribution < -0.4 is 0 Å². The summed E-state index contributed by atoms with van der Waals surface area (Å²) in [7, 11) is 0. The number of carbonyl (C=O) groups excluding carboxylic acids is 2. The van der Waals surface area contributed by atoms with Crippen molar-refractivity contribution in [3.63, 3.8) is 0 Å². The summed E-state index contributed by atoms with van der Waals surface area (Å²) in [6.07, 6.45) is 10.5. The highest BCUT2D eigenvalue weighted by atomic mass is 17.2. The van der Waals surface area contributed by atoms with Crippen LogP contribution in [0, 0.1) is 11.8 Å². The van der Waals surface area contributed by atoms with Gasteiger partial charge in [0.2, 0.25) is 0 Å². The van der Waals surface area contributed by atoms with E-state index in [9.17, 15) is 9.59 Å². The third-order valence-corrected chi connectivity index (χ3v) is 3.99. The van der Waals surface area contributed by atoms with Crippen LogP contribution in [0.25, 0.3) is 0 Å². The molecule has 0 aliphatic carbocycles. The maximum atomic E-state index is 11.7. The van der Waals surface area contributed by atoms with Gasteiger partial charge in [0, 0.05) is 0 Å². The van der Waals surface area contributed by atoms with Gasteiger partial charge in [-0.25, -0.2) is 19.4 Å². The lowest BCUT2D eigenvalue weighted by molar-refractivity contribution is -0.264. The maximum absolute atomic E-state index is 11.7. The Bertz CT molecular complexity index is 271. The quantitative estimate of drug-likeness (QED) is 0.282. The van der Waals surface area contributed by atoms with Gasteiger partial charge >= 0.3 is 11.9 Å². The first-order valence-corrected chi connectivity index (χ1v) is 8.95. The first-order chi connectivity index (χ1) is 10.5. The van der Waals surface area contributed by atoms with Gasteiger partial charge in [-0.2, -0.15) is 0 Å². The SMILES string of the molecule is CCCCCCC(C)C(=O)OOC(=O)C(C)CCCCCC. The number of unbranched alkanes of at least 4 members (excludes halogenated alkanes) is 6. The largest absolute Gasteiger partial charge is 0.358 e. The molecule has 4 nitrogen and oxygen atoms in total. The van der Waals surface area contributed by atoms with Crippen LogP contribution in [0.2, 0.25) is 0 Å². The zero-order chi connectivity index (χ0) is 16.8. The molecule has 2 atom stereocenters. The van der Waals surface area contributed by atoms with Crippen LogP contribution in [0.3, 0.4) is 0 Å². The van der Waals surface area contributed by atoms with Gasteiger partial charge in [0.05, 0.1) is 11.8 Å². The van der Waals surface area contributed by atoms with Crippen LogP contribution in [0.1, 0.15) is 91.9 Å². The molecular weight excluding hydrogens is 280 g/mol. The Labute approximate surface area is 135 Å². The van der Waals surface area contributed by atoms with Gasteiger partial charge in [0.15, 0.2) is 0 Å². The van der Waals surface area contributed by atoms with Crippen LogP contribution in [-0.2, 0) is 19.4 Å². The summed E-state index contributed by atoms with van der Waals surface area (Å²) in [6, 6.07) is 0. The van der Waals surface area contributed by atoms with E-state index in [1.54, 1.807) is 0 Å². The van der Waals surface area contributed by atoms with Crippen LogP contribution in [0.4, 0.5) is 0 Å². The maximum Gasteiger partial charge on any atom is 0.358 e. The van der Waals surface area contributed by atoms with Crippen molar-refractivity contribution in [1.82, 2.24) is 0 Å². The molecule has 0 bridgehead atoms. The molecule has 0 rings (SSSR count). The molecule has 0 amide bonds. The van der Waals surface area contributed by atoms with Crippen molar-refractivity contribution in [2.45, 2.75) is 91.9 Å². The number of hydrogen-bond donors (Lipinski definition) is 0. The first-order valence-electron chi connectivity index (χ1n) is 8.95. The minimum absolute atomic E-state index is 0.218. The van der Waals surface area contributed by atoms with E-state index in [2.05, 4.69) is 23.6 Å². The predicted octanol–water partition coefficient (Wildman–Crippen LogP) is 5.20. The second kappa shape index (κ2) is 13.6. The van der Waals surface area contributed by atoms with Crippen molar-refractivity contribution < 1.29 is 19.4 Å². The Morgan fingerprint density at radius 1 is 0.682 bits per heavy atom. The third kappa shape index (κ3) is 10.6. The topological polar surface area (TPSA) is 52.6 Å². The first kappa shape index (κ1) is 20.9. The highest BCUT2D eigenvalue weighted by molar-refractivity contribution is 5.75. The van der Waals surface area contributed by atoms with E-state index in [0.717, 1.165) is 38.5 Å². The number of hydrogen-bond acceptors (Lipinski definition) is 4. The van der Waals surface area contributed by atoms with Gasteiger partial charge in [0.25, 0.3) is 0 Å². The van der Waals surface area contributed by atoms with Crippen LogP contribution >= 0.6 is 0 Å². The Kier molecular flexibility index (Phi) is 12.9. The second-order valence-corrected chi connectivity index (χ2v) is 6.31. The summed E-state index contributed by atoms with van der Waals surface area (Å²) in [6.45, 7) is 7.94. The highest BCUT2D eigenvalue weighted by Gasteiger charge is 2.20. The zero-order valence-electron chi connectivity index (χ0n) is 14.9. The minimum atomic E-state index is -0.442. The van der Waals surface area contributed by atoms with E-state index < -0.39 is 11.9 Å². The Balaban J connectivity index is 3.80. The molecule has 4 heteroatoms. The molecule has 0 aliphatic heterocycles. The van der Waals surface area contributed by atoms with Gasteiger partial charge in [0.1, 0.15) is 0 Å². The van der Waals surface area contributed by atoms with E-state index in [1.807, 2.05) is 13.8 Å². The van der Waals surface area contributed by atoms with E-state index in [4.69, 9.17) is 0 Å². The molecule has 0 fully saturated rings. The van der Waals surface area contributed by atoms with Gasteiger partial charge in [-0.3, -0.25) is 0 Å². The normalized spacial score (nSPS) is 13.5. The van der Waals surface area contributed by atoms with Gasteiger partial charge in [-0.1, -0.05) is 79.1 Å². The molecule has 0 radical (unpaired) electrons. The van der Waals surface area contributed by atoms with Crippen LogP contribution in [-0.4, -0.2) is 11.9 Å². The average molecular weight is 314 g/mol. The number of rotatable bonds is 12. The van der Waals surface area contributed by atoms with Crippen molar-refractivity contribution in [2.75, 3.05) is 0 Å².